The van der Waals surface area contributed by atoms with Crippen molar-refractivity contribution in [3.05, 3.63) is 0 Å². The highest BCUT2D eigenvalue weighted by Crippen LogP contribution is 2.37. The molecule has 0 bridgehead atoms. The van der Waals surface area contributed by atoms with Crippen LogP contribution in [0.5, 0.6) is 0 Å². The highest BCUT2D eigenvalue weighted by atomic mass is 14.3. The van der Waals surface area contributed by atoms with E-state index in [2.05, 4.69) is 47.6 Å². The molecular weight excluding hydrogens is 158 g/mol. The molecule has 0 saturated heterocycles. The fourth-order valence-corrected chi connectivity index (χ4v) is 1.53. The molecule has 0 aromatic heterocycles. The van der Waals surface area contributed by atoms with Crippen molar-refractivity contribution in [2.45, 2.75) is 54.4 Å². The van der Waals surface area contributed by atoms with Crippen LogP contribution in [0.4, 0.5) is 0 Å². The van der Waals surface area contributed by atoms with Crippen molar-refractivity contribution in [3.63, 3.8) is 0 Å². The maximum absolute atomic E-state index is 8.75. The Labute approximate surface area is 83.1 Å². The molecule has 0 spiro atoms. The third-order valence-electron chi connectivity index (χ3n) is 2.42. The van der Waals surface area contributed by atoms with Gasteiger partial charge in [-0.05, 0) is 23.2 Å². The molecule has 0 N–H and O–H groups in total. The SMILES string of the molecule is CC(C)(C)CC(CC#N)C(C)(C)C. The molecule has 1 nitrogen and oxygen atoms in total. The van der Waals surface area contributed by atoms with Crippen LogP contribution in [-0.4, -0.2) is 0 Å². The molecule has 0 saturated carbocycles. The third kappa shape index (κ3) is 5.69. The lowest BCUT2D eigenvalue weighted by Crippen LogP contribution is -2.25. The number of nitriles is 1. The molecule has 0 aliphatic rings. The summed E-state index contributed by atoms with van der Waals surface area (Å²) < 4.78 is 0. The summed E-state index contributed by atoms with van der Waals surface area (Å²) in [4.78, 5) is 0. The molecule has 0 aliphatic carbocycles. The summed E-state index contributed by atoms with van der Waals surface area (Å²) in [5, 5.41) is 8.75. The first-order valence-electron chi connectivity index (χ1n) is 5.04. The van der Waals surface area contributed by atoms with Crippen LogP contribution in [-0.2, 0) is 0 Å². The maximum atomic E-state index is 8.75. The van der Waals surface area contributed by atoms with Gasteiger partial charge < -0.3 is 0 Å². The molecule has 13 heavy (non-hydrogen) atoms. The second-order valence-corrected chi connectivity index (χ2v) is 6.19. The van der Waals surface area contributed by atoms with Crippen LogP contribution in [0, 0.1) is 28.1 Å². The van der Waals surface area contributed by atoms with E-state index >= 15 is 0 Å². The molecule has 1 atom stereocenters. The highest BCUT2D eigenvalue weighted by molar-refractivity contribution is 4.86. The topological polar surface area (TPSA) is 23.8 Å². The van der Waals surface area contributed by atoms with Crippen LogP contribution in [0.2, 0.25) is 0 Å². The Hall–Kier alpha value is -0.510. The van der Waals surface area contributed by atoms with E-state index in [-0.39, 0.29) is 5.41 Å². The molecule has 0 aliphatic heterocycles. The summed E-state index contributed by atoms with van der Waals surface area (Å²) >= 11 is 0. The summed E-state index contributed by atoms with van der Waals surface area (Å²) in [6, 6.07) is 2.30. The minimum absolute atomic E-state index is 0.253. The van der Waals surface area contributed by atoms with Crippen LogP contribution in [0.25, 0.3) is 0 Å². The number of hydrogen-bond acceptors (Lipinski definition) is 1. The van der Waals surface area contributed by atoms with Gasteiger partial charge in [0.25, 0.3) is 0 Å². The van der Waals surface area contributed by atoms with Crippen molar-refractivity contribution < 1.29 is 0 Å². The van der Waals surface area contributed by atoms with Gasteiger partial charge in [0, 0.05) is 6.42 Å². The Bertz CT molecular complexity index is 185. The van der Waals surface area contributed by atoms with E-state index < -0.39 is 0 Å². The van der Waals surface area contributed by atoms with Gasteiger partial charge in [0.15, 0.2) is 0 Å². The standard InChI is InChI=1S/C12H23N/c1-11(2,3)9-10(7-8-13)12(4,5)6/h10H,7,9H2,1-6H3. The van der Waals surface area contributed by atoms with Gasteiger partial charge in [-0.2, -0.15) is 5.26 Å². The molecule has 0 heterocycles. The van der Waals surface area contributed by atoms with Crippen molar-refractivity contribution in [2.24, 2.45) is 16.7 Å². The van der Waals surface area contributed by atoms with Crippen LogP contribution in [0.3, 0.4) is 0 Å². The predicted octanol–water partition coefficient (Wildman–Crippen LogP) is 4.00. The lowest BCUT2D eigenvalue weighted by molar-refractivity contribution is 0.168. The Balaban J connectivity index is 4.38. The normalized spacial score (nSPS) is 15.2. The molecule has 1 heteroatoms. The van der Waals surface area contributed by atoms with Gasteiger partial charge in [0.1, 0.15) is 0 Å². The minimum atomic E-state index is 0.253. The zero-order valence-corrected chi connectivity index (χ0v) is 9.94. The van der Waals surface area contributed by atoms with E-state index in [1.165, 1.54) is 0 Å². The van der Waals surface area contributed by atoms with Crippen molar-refractivity contribution in [1.29, 1.82) is 5.26 Å². The second kappa shape index (κ2) is 4.13. The summed E-state index contributed by atoms with van der Waals surface area (Å²) in [5.74, 6) is 0.512. The molecule has 0 radical (unpaired) electrons. The van der Waals surface area contributed by atoms with E-state index in [9.17, 15) is 0 Å². The van der Waals surface area contributed by atoms with E-state index in [1.807, 2.05) is 0 Å². The third-order valence-corrected chi connectivity index (χ3v) is 2.42. The van der Waals surface area contributed by atoms with Gasteiger partial charge >= 0.3 is 0 Å². The van der Waals surface area contributed by atoms with Gasteiger partial charge in [-0.1, -0.05) is 41.5 Å². The zero-order chi connectivity index (χ0) is 10.7. The van der Waals surface area contributed by atoms with Gasteiger partial charge in [0.2, 0.25) is 0 Å². The van der Waals surface area contributed by atoms with Crippen LogP contribution >= 0.6 is 0 Å². The largest absolute Gasteiger partial charge is 0.198 e. The van der Waals surface area contributed by atoms with Crippen molar-refractivity contribution in [2.75, 3.05) is 0 Å². The molecule has 0 rings (SSSR count). The molecular formula is C12H23N. The lowest BCUT2D eigenvalue weighted by atomic mass is 9.71. The fraction of sp³-hybridized carbons (Fsp3) is 0.917. The van der Waals surface area contributed by atoms with Crippen LogP contribution in [0.15, 0.2) is 0 Å². The first kappa shape index (κ1) is 12.5. The van der Waals surface area contributed by atoms with Gasteiger partial charge in [0.05, 0.1) is 6.07 Å². The van der Waals surface area contributed by atoms with Crippen LogP contribution < -0.4 is 0 Å². The summed E-state index contributed by atoms with van der Waals surface area (Å²) in [7, 11) is 0. The minimum Gasteiger partial charge on any atom is -0.198 e. The van der Waals surface area contributed by atoms with Crippen molar-refractivity contribution in [3.8, 4) is 6.07 Å². The smallest absolute Gasteiger partial charge is 0.0624 e. The quantitative estimate of drug-likeness (QED) is 0.631. The van der Waals surface area contributed by atoms with E-state index in [4.69, 9.17) is 5.26 Å². The Morgan fingerprint density at radius 2 is 1.54 bits per heavy atom. The lowest BCUT2D eigenvalue weighted by Gasteiger charge is -2.34. The predicted molar refractivity (Wildman–Crippen MR) is 57.2 cm³/mol. The Morgan fingerprint density at radius 3 is 1.77 bits per heavy atom. The monoisotopic (exact) mass is 181 g/mol. The maximum Gasteiger partial charge on any atom is 0.0624 e. The molecule has 0 amide bonds. The molecule has 0 aromatic rings. The number of hydrogen-bond donors (Lipinski definition) is 0. The summed E-state index contributed by atoms with van der Waals surface area (Å²) in [5.41, 5.74) is 0.581. The molecule has 1 unspecified atom stereocenters. The average molecular weight is 181 g/mol. The summed E-state index contributed by atoms with van der Waals surface area (Å²) in [6.45, 7) is 13.4. The first-order chi connectivity index (χ1) is 5.67. The van der Waals surface area contributed by atoms with E-state index in [0.29, 0.717) is 17.8 Å². The molecule has 0 aromatic carbocycles. The number of rotatable bonds is 2. The number of nitrogens with zero attached hydrogens (tertiary/aromatic N) is 1. The van der Waals surface area contributed by atoms with Crippen molar-refractivity contribution >= 4 is 0 Å². The molecule has 76 valence electrons. The van der Waals surface area contributed by atoms with Gasteiger partial charge in [-0.3, -0.25) is 0 Å². The van der Waals surface area contributed by atoms with Gasteiger partial charge in [-0.15, -0.1) is 0 Å². The van der Waals surface area contributed by atoms with E-state index in [1.54, 1.807) is 0 Å². The molecule has 0 fully saturated rings. The van der Waals surface area contributed by atoms with E-state index in [0.717, 1.165) is 6.42 Å². The second-order valence-electron chi connectivity index (χ2n) is 6.19. The van der Waals surface area contributed by atoms with Crippen LogP contribution in [0.1, 0.15) is 54.4 Å². The fourth-order valence-electron chi connectivity index (χ4n) is 1.53. The average Bonchev–Trinajstić information content (AvgIpc) is 1.81. The van der Waals surface area contributed by atoms with Gasteiger partial charge in [-0.25, -0.2) is 0 Å². The Kier molecular flexibility index (Phi) is 3.97. The zero-order valence-electron chi connectivity index (χ0n) is 9.94. The first-order valence-corrected chi connectivity index (χ1v) is 5.04. The van der Waals surface area contributed by atoms with Crippen molar-refractivity contribution in [1.82, 2.24) is 0 Å². The highest BCUT2D eigenvalue weighted by Gasteiger charge is 2.28. The Morgan fingerprint density at radius 1 is 1.08 bits per heavy atom. The summed E-state index contributed by atoms with van der Waals surface area (Å²) in [6.07, 6.45) is 1.81.